The molecular weight excluding hydrogens is 304 g/mol. The van der Waals surface area contributed by atoms with Gasteiger partial charge in [-0.2, -0.15) is 0 Å². The molecule has 112 valence electrons. The molecule has 0 unspecified atom stereocenters. The molecule has 3 rings (SSSR count). The number of rotatable bonds is 5. The van der Waals surface area contributed by atoms with Crippen molar-refractivity contribution >= 4 is 33.6 Å². The van der Waals surface area contributed by atoms with Crippen molar-refractivity contribution in [3.8, 4) is 0 Å². The van der Waals surface area contributed by atoms with Crippen LogP contribution in [0.3, 0.4) is 0 Å². The lowest BCUT2D eigenvalue weighted by atomic mass is 10.2. The molecule has 0 atom stereocenters. The Kier molecular flexibility index (Phi) is 3.84. The van der Waals surface area contributed by atoms with Crippen molar-refractivity contribution in [3.63, 3.8) is 0 Å². The molecule has 2 N–H and O–H groups in total. The van der Waals surface area contributed by atoms with E-state index in [0.717, 1.165) is 6.42 Å². The first-order valence-corrected chi connectivity index (χ1v) is 7.45. The summed E-state index contributed by atoms with van der Waals surface area (Å²) in [5.74, 6) is 0. The smallest absolute Gasteiger partial charge is 0.293 e. The van der Waals surface area contributed by atoms with Crippen molar-refractivity contribution < 1.29 is 4.92 Å². The van der Waals surface area contributed by atoms with E-state index in [9.17, 15) is 14.9 Å². The minimum Gasteiger partial charge on any atom is -0.379 e. The highest BCUT2D eigenvalue weighted by Crippen LogP contribution is 2.27. The Balaban J connectivity index is 1.91. The Morgan fingerprint density at radius 1 is 1.41 bits per heavy atom. The number of nitro benzene ring substituents is 1. The Bertz CT molecular complexity index is 873. The zero-order valence-electron chi connectivity index (χ0n) is 11.4. The summed E-state index contributed by atoms with van der Waals surface area (Å²) in [4.78, 5) is 30.1. The van der Waals surface area contributed by atoms with Crippen molar-refractivity contribution in [3.05, 3.63) is 61.3 Å². The van der Waals surface area contributed by atoms with Gasteiger partial charge in [-0.15, -0.1) is 11.3 Å². The van der Waals surface area contributed by atoms with Gasteiger partial charge in [-0.05, 0) is 23.9 Å². The van der Waals surface area contributed by atoms with Gasteiger partial charge >= 0.3 is 0 Å². The summed E-state index contributed by atoms with van der Waals surface area (Å²) in [6.45, 7) is 0.566. The number of aromatic amines is 1. The highest BCUT2D eigenvalue weighted by Gasteiger charge is 2.16. The van der Waals surface area contributed by atoms with E-state index < -0.39 is 10.5 Å². The molecule has 0 fully saturated rings. The van der Waals surface area contributed by atoms with Crippen LogP contribution in [0, 0.1) is 10.1 Å². The van der Waals surface area contributed by atoms with Crippen LogP contribution in [0.15, 0.2) is 40.8 Å². The number of H-pyrrole nitrogens is 1. The maximum absolute atomic E-state index is 11.7. The molecule has 0 saturated carbocycles. The van der Waals surface area contributed by atoms with Gasteiger partial charge in [0.1, 0.15) is 5.69 Å². The molecule has 8 heteroatoms. The molecule has 0 radical (unpaired) electrons. The predicted octanol–water partition coefficient (Wildman–Crippen LogP) is 2.55. The maximum Gasteiger partial charge on any atom is 0.293 e. The molecule has 22 heavy (non-hydrogen) atoms. The average Bonchev–Trinajstić information content (AvgIpc) is 3.00. The van der Waals surface area contributed by atoms with Gasteiger partial charge in [0.25, 0.3) is 11.2 Å². The van der Waals surface area contributed by atoms with Crippen LogP contribution < -0.4 is 10.9 Å². The van der Waals surface area contributed by atoms with Crippen LogP contribution in [0.25, 0.3) is 10.9 Å². The van der Waals surface area contributed by atoms with Crippen LogP contribution in [0.4, 0.5) is 11.4 Å². The van der Waals surface area contributed by atoms with Gasteiger partial charge in [-0.3, -0.25) is 14.9 Å². The number of benzene rings is 1. The number of thiophene rings is 1. The third kappa shape index (κ3) is 2.82. The first-order chi connectivity index (χ1) is 10.6. The lowest BCUT2D eigenvalue weighted by molar-refractivity contribution is -0.383. The van der Waals surface area contributed by atoms with E-state index >= 15 is 0 Å². The normalized spacial score (nSPS) is 10.7. The summed E-state index contributed by atoms with van der Waals surface area (Å²) in [5.41, 5.74) is 0.274. The summed E-state index contributed by atoms with van der Waals surface area (Å²) in [6.07, 6.45) is 2.06. The van der Waals surface area contributed by atoms with Crippen molar-refractivity contribution in [1.29, 1.82) is 0 Å². The summed E-state index contributed by atoms with van der Waals surface area (Å²) in [6, 6.07) is 6.78. The van der Waals surface area contributed by atoms with Crippen molar-refractivity contribution in [2.45, 2.75) is 6.42 Å². The summed E-state index contributed by atoms with van der Waals surface area (Å²) < 4.78 is 0. The molecule has 3 aromatic rings. The highest BCUT2D eigenvalue weighted by molar-refractivity contribution is 7.09. The molecule has 2 heterocycles. The standard InChI is InChI=1S/C14H12N4O3S/c19-14-10-6-13(18(20)21)12(7-11(10)16-8-17-14)15-4-3-9-2-1-5-22-9/h1-2,5-8,15H,3-4H2,(H,16,17,19). The number of anilines is 1. The minimum absolute atomic E-state index is 0.128. The number of hydrogen-bond acceptors (Lipinski definition) is 6. The average molecular weight is 316 g/mol. The van der Waals surface area contributed by atoms with E-state index in [-0.39, 0.29) is 11.1 Å². The second-order valence-electron chi connectivity index (χ2n) is 4.63. The first-order valence-electron chi connectivity index (χ1n) is 6.57. The van der Waals surface area contributed by atoms with E-state index in [1.165, 1.54) is 23.3 Å². The van der Waals surface area contributed by atoms with Gasteiger partial charge < -0.3 is 10.3 Å². The van der Waals surface area contributed by atoms with E-state index in [4.69, 9.17) is 0 Å². The van der Waals surface area contributed by atoms with E-state index in [0.29, 0.717) is 17.7 Å². The maximum atomic E-state index is 11.7. The van der Waals surface area contributed by atoms with Gasteiger partial charge in [0, 0.05) is 17.5 Å². The molecule has 0 saturated heterocycles. The monoisotopic (exact) mass is 316 g/mol. The van der Waals surface area contributed by atoms with E-state index in [1.807, 2.05) is 17.5 Å². The SMILES string of the molecule is O=c1[nH]cnc2cc(NCCc3cccs3)c([N+](=O)[O-])cc12. The lowest BCUT2D eigenvalue weighted by Gasteiger charge is -2.07. The third-order valence-electron chi connectivity index (χ3n) is 3.22. The van der Waals surface area contributed by atoms with Gasteiger partial charge in [0.05, 0.1) is 22.2 Å². The van der Waals surface area contributed by atoms with Gasteiger partial charge in [0.2, 0.25) is 0 Å². The molecule has 0 aliphatic carbocycles. The number of hydrogen-bond donors (Lipinski definition) is 2. The Hall–Kier alpha value is -2.74. The summed E-state index contributed by atoms with van der Waals surface area (Å²) in [5, 5.41) is 16.5. The first kappa shape index (κ1) is 14.2. The van der Waals surface area contributed by atoms with Crippen LogP contribution in [0.2, 0.25) is 0 Å². The minimum atomic E-state index is -0.501. The second kappa shape index (κ2) is 5.94. The van der Waals surface area contributed by atoms with Crippen LogP contribution >= 0.6 is 11.3 Å². The molecular formula is C14H12N4O3S. The fourth-order valence-electron chi connectivity index (χ4n) is 2.17. The Morgan fingerprint density at radius 2 is 2.27 bits per heavy atom. The molecule has 7 nitrogen and oxygen atoms in total. The number of nitrogens with one attached hydrogen (secondary N) is 2. The van der Waals surface area contributed by atoms with Crippen LogP contribution in [0.1, 0.15) is 4.88 Å². The van der Waals surface area contributed by atoms with E-state index in [2.05, 4.69) is 15.3 Å². The number of nitro groups is 1. The van der Waals surface area contributed by atoms with Gasteiger partial charge in [0.15, 0.2) is 0 Å². The molecule has 0 spiro atoms. The number of nitrogens with zero attached hydrogens (tertiary/aromatic N) is 2. The molecule has 0 aliphatic heterocycles. The van der Waals surface area contributed by atoms with Crippen molar-refractivity contribution in [1.82, 2.24) is 9.97 Å². The number of aromatic nitrogens is 2. The Labute approximate surface area is 128 Å². The topological polar surface area (TPSA) is 101 Å². The molecule has 1 aromatic carbocycles. The summed E-state index contributed by atoms with van der Waals surface area (Å²) >= 11 is 1.64. The molecule has 0 bridgehead atoms. The van der Waals surface area contributed by atoms with Crippen molar-refractivity contribution in [2.24, 2.45) is 0 Å². The quantitative estimate of drug-likeness (QED) is 0.556. The molecule has 0 amide bonds. The lowest BCUT2D eigenvalue weighted by Crippen LogP contribution is -2.10. The molecule has 0 aliphatic rings. The zero-order valence-corrected chi connectivity index (χ0v) is 12.2. The molecule has 2 aromatic heterocycles. The van der Waals surface area contributed by atoms with Gasteiger partial charge in [-0.1, -0.05) is 6.07 Å². The van der Waals surface area contributed by atoms with Gasteiger partial charge in [-0.25, -0.2) is 4.98 Å². The third-order valence-corrected chi connectivity index (χ3v) is 4.16. The number of fused-ring (bicyclic) bond motifs is 1. The largest absolute Gasteiger partial charge is 0.379 e. The Morgan fingerprint density at radius 3 is 3.00 bits per heavy atom. The van der Waals surface area contributed by atoms with E-state index in [1.54, 1.807) is 11.3 Å². The second-order valence-corrected chi connectivity index (χ2v) is 5.66. The highest BCUT2D eigenvalue weighted by atomic mass is 32.1. The van der Waals surface area contributed by atoms with Crippen molar-refractivity contribution in [2.75, 3.05) is 11.9 Å². The van der Waals surface area contributed by atoms with Crippen LogP contribution in [-0.4, -0.2) is 21.4 Å². The predicted molar refractivity (Wildman–Crippen MR) is 85.5 cm³/mol. The zero-order chi connectivity index (χ0) is 15.5. The summed E-state index contributed by atoms with van der Waals surface area (Å²) in [7, 11) is 0. The fraction of sp³-hybridized carbons (Fsp3) is 0.143. The van der Waals surface area contributed by atoms with Crippen LogP contribution in [0.5, 0.6) is 0 Å². The fourth-order valence-corrected chi connectivity index (χ4v) is 2.88. The van der Waals surface area contributed by atoms with Crippen LogP contribution in [-0.2, 0) is 6.42 Å².